The summed E-state index contributed by atoms with van der Waals surface area (Å²) in [5.41, 5.74) is 7.57. The Morgan fingerprint density at radius 2 is 1.79 bits per heavy atom. The molecule has 1 aromatic rings. The van der Waals surface area contributed by atoms with Gasteiger partial charge in [0.25, 0.3) is 0 Å². The largest absolute Gasteiger partial charge is 0.494 e. The quantitative estimate of drug-likeness (QED) is 0.822. The molecule has 0 heterocycles. The van der Waals surface area contributed by atoms with Crippen LogP contribution in [0.25, 0.3) is 0 Å². The lowest BCUT2D eigenvalue weighted by Crippen LogP contribution is -2.49. The first kappa shape index (κ1) is 16.0. The van der Waals surface area contributed by atoms with Crippen molar-refractivity contribution in [2.75, 3.05) is 20.7 Å². The van der Waals surface area contributed by atoms with E-state index in [-0.39, 0.29) is 11.6 Å². The third-order valence-corrected chi connectivity index (χ3v) is 4.12. The van der Waals surface area contributed by atoms with Gasteiger partial charge in [-0.15, -0.1) is 0 Å². The molecule has 3 heteroatoms. The molecule has 0 saturated carbocycles. The lowest BCUT2D eigenvalue weighted by atomic mass is 9.84. The van der Waals surface area contributed by atoms with E-state index in [1.807, 2.05) is 12.1 Å². The van der Waals surface area contributed by atoms with E-state index >= 15 is 0 Å². The summed E-state index contributed by atoms with van der Waals surface area (Å²) in [6, 6.07) is 8.17. The normalized spacial score (nSPS) is 16.2. The lowest BCUT2D eigenvalue weighted by Gasteiger charge is -2.41. The number of nitrogens with two attached hydrogens (primary N) is 1. The Labute approximate surface area is 117 Å². The van der Waals surface area contributed by atoms with Crippen molar-refractivity contribution in [3.05, 3.63) is 29.8 Å². The zero-order valence-corrected chi connectivity index (χ0v) is 12.9. The average Bonchev–Trinajstić information content (AvgIpc) is 2.43. The molecule has 0 aliphatic rings. The predicted molar refractivity (Wildman–Crippen MR) is 81.5 cm³/mol. The maximum atomic E-state index is 6.45. The van der Waals surface area contributed by atoms with Crippen LogP contribution in [0.15, 0.2) is 24.3 Å². The third-order valence-electron chi connectivity index (χ3n) is 4.12. The number of rotatable bonds is 7. The molecule has 0 amide bonds. The second kappa shape index (κ2) is 6.92. The second-order valence-corrected chi connectivity index (χ2v) is 5.50. The molecule has 1 aromatic carbocycles. The SMILES string of the molecule is CCCOc1ccc(C(N)C(C)(CC)N(C)C)cc1. The number of hydrogen-bond donors (Lipinski definition) is 1. The van der Waals surface area contributed by atoms with Crippen LogP contribution in [0.4, 0.5) is 0 Å². The summed E-state index contributed by atoms with van der Waals surface area (Å²) in [5.74, 6) is 0.917. The smallest absolute Gasteiger partial charge is 0.119 e. The summed E-state index contributed by atoms with van der Waals surface area (Å²) >= 11 is 0. The molecule has 19 heavy (non-hydrogen) atoms. The molecule has 0 bridgehead atoms. The van der Waals surface area contributed by atoms with Gasteiger partial charge in [-0.3, -0.25) is 0 Å². The first-order chi connectivity index (χ1) is 8.95. The summed E-state index contributed by atoms with van der Waals surface area (Å²) in [5, 5.41) is 0. The van der Waals surface area contributed by atoms with Crippen LogP contribution in [0.2, 0.25) is 0 Å². The van der Waals surface area contributed by atoms with Crippen molar-refractivity contribution in [1.29, 1.82) is 0 Å². The predicted octanol–water partition coefficient (Wildman–Crippen LogP) is 3.21. The van der Waals surface area contributed by atoms with Crippen molar-refractivity contribution >= 4 is 0 Å². The highest BCUT2D eigenvalue weighted by atomic mass is 16.5. The standard InChI is InChI=1S/C16H28N2O/c1-6-12-19-14-10-8-13(9-11-14)15(17)16(3,7-2)18(4)5/h8-11,15H,6-7,12,17H2,1-5H3. The summed E-state index contributed by atoms with van der Waals surface area (Å²) in [7, 11) is 4.17. The summed E-state index contributed by atoms with van der Waals surface area (Å²) < 4.78 is 5.60. The van der Waals surface area contributed by atoms with E-state index in [0.717, 1.165) is 30.8 Å². The zero-order valence-electron chi connectivity index (χ0n) is 12.9. The van der Waals surface area contributed by atoms with Crippen LogP contribution in [-0.2, 0) is 0 Å². The van der Waals surface area contributed by atoms with Crippen LogP contribution >= 0.6 is 0 Å². The fourth-order valence-electron chi connectivity index (χ4n) is 2.16. The molecule has 108 valence electrons. The van der Waals surface area contributed by atoms with Crippen molar-refractivity contribution in [3.63, 3.8) is 0 Å². The van der Waals surface area contributed by atoms with Gasteiger partial charge >= 0.3 is 0 Å². The highest BCUT2D eigenvalue weighted by molar-refractivity contribution is 5.30. The van der Waals surface area contributed by atoms with Crippen molar-refractivity contribution in [3.8, 4) is 5.75 Å². The minimum absolute atomic E-state index is 0.00674. The van der Waals surface area contributed by atoms with Gasteiger partial charge < -0.3 is 15.4 Å². The molecule has 0 aromatic heterocycles. The number of hydrogen-bond acceptors (Lipinski definition) is 3. The van der Waals surface area contributed by atoms with Crippen molar-refractivity contribution in [2.45, 2.75) is 45.2 Å². The van der Waals surface area contributed by atoms with Gasteiger partial charge in [-0.1, -0.05) is 26.0 Å². The van der Waals surface area contributed by atoms with Crippen molar-refractivity contribution in [1.82, 2.24) is 4.90 Å². The van der Waals surface area contributed by atoms with Crippen LogP contribution in [-0.4, -0.2) is 31.1 Å². The molecule has 0 radical (unpaired) electrons. The van der Waals surface area contributed by atoms with Gasteiger partial charge in [-0.25, -0.2) is 0 Å². The molecule has 0 saturated heterocycles. The Bertz CT molecular complexity index is 375. The van der Waals surface area contributed by atoms with Crippen LogP contribution in [0, 0.1) is 0 Å². The Morgan fingerprint density at radius 1 is 1.21 bits per heavy atom. The number of nitrogens with zero attached hydrogens (tertiary/aromatic N) is 1. The van der Waals surface area contributed by atoms with E-state index in [1.165, 1.54) is 0 Å². The minimum Gasteiger partial charge on any atom is -0.494 e. The maximum Gasteiger partial charge on any atom is 0.119 e. The average molecular weight is 264 g/mol. The highest BCUT2D eigenvalue weighted by Gasteiger charge is 2.33. The molecule has 0 spiro atoms. The van der Waals surface area contributed by atoms with Crippen LogP contribution in [0.3, 0.4) is 0 Å². The Kier molecular flexibility index (Phi) is 5.83. The van der Waals surface area contributed by atoms with Gasteiger partial charge in [-0.05, 0) is 51.6 Å². The highest BCUT2D eigenvalue weighted by Crippen LogP contribution is 2.31. The third kappa shape index (κ3) is 3.71. The number of benzene rings is 1. The number of ether oxygens (including phenoxy) is 1. The van der Waals surface area contributed by atoms with Crippen LogP contribution in [0.5, 0.6) is 5.75 Å². The molecule has 0 aliphatic heterocycles. The Hall–Kier alpha value is -1.06. The zero-order chi connectivity index (χ0) is 14.5. The molecule has 0 fully saturated rings. The summed E-state index contributed by atoms with van der Waals surface area (Å²) in [6.45, 7) is 7.25. The van der Waals surface area contributed by atoms with Crippen LogP contribution < -0.4 is 10.5 Å². The van der Waals surface area contributed by atoms with Gasteiger partial charge in [0.2, 0.25) is 0 Å². The van der Waals surface area contributed by atoms with Gasteiger partial charge in [0.15, 0.2) is 0 Å². The Morgan fingerprint density at radius 3 is 2.21 bits per heavy atom. The van der Waals surface area contributed by atoms with Gasteiger partial charge in [0, 0.05) is 11.6 Å². The number of likely N-dealkylation sites (N-methyl/N-ethyl adjacent to an activating group) is 1. The fraction of sp³-hybridized carbons (Fsp3) is 0.625. The van der Waals surface area contributed by atoms with E-state index < -0.39 is 0 Å². The summed E-state index contributed by atoms with van der Waals surface area (Å²) in [6.07, 6.45) is 2.03. The molecule has 1 rings (SSSR count). The van der Waals surface area contributed by atoms with E-state index in [0.29, 0.717) is 0 Å². The Balaban J connectivity index is 2.85. The van der Waals surface area contributed by atoms with Crippen LogP contribution in [0.1, 0.15) is 45.2 Å². The topological polar surface area (TPSA) is 38.5 Å². The molecule has 0 aliphatic carbocycles. The first-order valence-corrected chi connectivity index (χ1v) is 7.11. The molecular weight excluding hydrogens is 236 g/mol. The van der Waals surface area contributed by atoms with E-state index in [2.05, 4.69) is 51.9 Å². The first-order valence-electron chi connectivity index (χ1n) is 7.11. The monoisotopic (exact) mass is 264 g/mol. The molecule has 2 unspecified atom stereocenters. The van der Waals surface area contributed by atoms with E-state index in [4.69, 9.17) is 10.5 Å². The van der Waals surface area contributed by atoms with E-state index in [9.17, 15) is 0 Å². The van der Waals surface area contributed by atoms with Crippen molar-refractivity contribution < 1.29 is 4.74 Å². The molecule has 2 N–H and O–H groups in total. The minimum atomic E-state index is -0.0359. The van der Waals surface area contributed by atoms with Gasteiger partial charge in [-0.2, -0.15) is 0 Å². The van der Waals surface area contributed by atoms with Gasteiger partial charge in [0.05, 0.1) is 6.61 Å². The van der Waals surface area contributed by atoms with Crippen molar-refractivity contribution in [2.24, 2.45) is 5.73 Å². The lowest BCUT2D eigenvalue weighted by molar-refractivity contribution is 0.132. The molecular formula is C16H28N2O. The molecule has 3 nitrogen and oxygen atoms in total. The second-order valence-electron chi connectivity index (χ2n) is 5.50. The van der Waals surface area contributed by atoms with Gasteiger partial charge in [0.1, 0.15) is 5.75 Å². The molecule has 2 atom stereocenters. The maximum absolute atomic E-state index is 6.45. The fourth-order valence-corrected chi connectivity index (χ4v) is 2.16. The summed E-state index contributed by atoms with van der Waals surface area (Å²) in [4.78, 5) is 2.21. The van der Waals surface area contributed by atoms with E-state index in [1.54, 1.807) is 0 Å².